The van der Waals surface area contributed by atoms with E-state index in [1.165, 1.54) is 22.3 Å². The quantitative estimate of drug-likeness (QED) is 0.518. The summed E-state index contributed by atoms with van der Waals surface area (Å²) in [6.45, 7) is 0. The van der Waals surface area contributed by atoms with Crippen molar-refractivity contribution in [2.24, 2.45) is 0 Å². The Balaban J connectivity index is 2.03. The van der Waals surface area contributed by atoms with Crippen LogP contribution in [-0.2, 0) is 0 Å². The second kappa shape index (κ2) is 4.34. The molecule has 0 aliphatic heterocycles. The van der Waals surface area contributed by atoms with E-state index in [2.05, 4.69) is 76.2 Å². The van der Waals surface area contributed by atoms with Gasteiger partial charge in [0.15, 0.2) is 0 Å². The third-order valence-corrected chi connectivity index (χ3v) is 4.66. The maximum atomic E-state index is 6.19. The van der Waals surface area contributed by atoms with E-state index in [-0.39, 0.29) is 6.04 Å². The predicted molar refractivity (Wildman–Crippen MR) is 88.5 cm³/mol. The molecule has 1 heterocycles. The molecule has 4 heteroatoms. The maximum absolute atomic E-state index is 6.19. The van der Waals surface area contributed by atoms with E-state index >= 15 is 0 Å². The minimum atomic E-state index is 0.0749. The standard InChI is InChI=1S/C16H12IN3/c17-14-9-19-20(16(14)18)15-12-7-3-1-5-10(12)11-6-2-4-8-13(11)15/h1-9,15H,18H2. The van der Waals surface area contributed by atoms with Crippen LogP contribution < -0.4 is 5.73 Å². The normalized spacial score (nSPS) is 13.2. The number of benzene rings is 2. The van der Waals surface area contributed by atoms with Crippen LogP contribution in [0.5, 0.6) is 0 Å². The number of anilines is 1. The highest BCUT2D eigenvalue weighted by atomic mass is 127. The van der Waals surface area contributed by atoms with Gasteiger partial charge in [-0.1, -0.05) is 48.5 Å². The van der Waals surface area contributed by atoms with Gasteiger partial charge >= 0.3 is 0 Å². The van der Waals surface area contributed by atoms with Crippen LogP contribution in [0.1, 0.15) is 17.2 Å². The number of aromatic nitrogens is 2. The van der Waals surface area contributed by atoms with Gasteiger partial charge in [0, 0.05) is 0 Å². The molecule has 0 radical (unpaired) electrons. The summed E-state index contributed by atoms with van der Waals surface area (Å²) in [5.41, 5.74) is 11.3. The lowest BCUT2D eigenvalue weighted by molar-refractivity contribution is 0.615. The van der Waals surface area contributed by atoms with E-state index in [9.17, 15) is 0 Å². The number of rotatable bonds is 1. The highest BCUT2D eigenvalue weighted by molar-refractivity contribution is 14.1. The Kier molecular flexibility index (Phi) is 2.60. The molecule has 20 heavy (non-hydrogen) atoms. The third kappa shape index (κ3) is 1.54. The fourth-order valence-electron chi connectivity index (χ4n) is 2.95. The van der Waals surface area contributed by atoms with E-state index in [1.807, 2.05) is 10.9 Å². The molecule has 0 spiro atoms. The average Bonchev–Trinajstić information content (AvgIpc) is 2.98. The second-order valence-electron chi connectivity index (χ2n) is 4.90. The van der Waals surface area contributed by atoms with Gasteiger partial charge in [0.2, 0.25) is 0 Å². The highest BCUT2D eigenvalue weighted by Gasteiger charge is 2.31. The number of hydrogen-bond acceptors (Lipinski definition) is 2. The largest absolute Gasteiger partial charge is 0.383 e. The van der Waals surface area contributed by atoms with Crippen LogP contribution in [0.3, 0.4) is 0 Å². The fraction of sp³-hybridized carbons (Fsp3) is 0.0625. The molecule has 3 aromatic rings. The minimum Gasteiger partial charge on any atom is -0.383 e. The van der Waals surface area contributed by atoms with E-state index in [4.69, 9.17) is 5.73 Å². The molecule has 0 unspecified atom stereocenters. The molecular formula is C16H12IN3. The SMILES string of the molecule is Nc1c(I)cnn1C1c2ccccc2-c2ccccc21. The van der Waals surface area contributed by atoms with Crippen LogP contribution in [-0.4, -0.2) is 9.78 Å². The van der Waals surface area contributed by atoms with Gasteiger partial charge in [0.1, 0.15) is 11.9 Å². The summed E-state index contributed by atoms with van der Waals surface area (Å²) in [6, 6.07) is 17.0. The van der Waals surface area contributed by atoms with Gasteiger partial charge in [-0.05, 0) is 44.8 Å². The fourth-order valence-corrected chi connectivity index (χ4v) is 3.32. The van der Waals surface area contributed by atoms with Crippen molar-refractivity contribution in [3.63, 3.8) is 0 Å². The third-order valence-electron chi connectivity index (χ3n) is 3.83. The highest BCUT2D eigenvalue weighted by Crippen LogP contribution is 2.45. The molecule has 2 aromatic carbocycles. The molecule has 0 saturated heterocycles. The number of nitrogens with zero attached hydrogens (tertiary/aromatic N) is 2. The molecule has 0 fully saturated rings. The van der Waals surface area contributed by atoms with E-state index in [0.29, 0.717) is 0 Å². The molecule has 0 saturated carbocycles. The van der Waals surface area contributed by atoms with Crippen molar-refractivity contribution < 1.29 is 0 Å². The molecule has 3 nitrogen and oxygen atoms in total. The molecule has 1 aromatic heterocycles. The first-order valence-electron chi connectivity index (χ1n) is 6.44. The van der Waals surface area contributed by atoms with Crippen molar-refractivity contribution in [3.8, 4) is 11.1 Å². The van der Waals surface area contributed by atoms with Crippen LogP contribution in [0.15, 0.2) is 54.7 Å². The van der Waals surface area contributed by atoms with Crippen LogP contribution in [0.2, 0.25) is 0 Å². The van der Waals surface area contributed by atoms with Crippen LogP contribution in [0, 0.1) is 3.57 Å². The molecule has 0 amide bonds. The Morgan fingerprint density at radius 2 is 1.50 bits per heavy atom. The lowest BCUT2D eigenvalue weighted by Crippen LogP contribution is -2.13. The number of nitrogens with two attached hydrogens (primary N) is 1. The Hall–Kier alpha value is -1.82. The van der Waals surface area contributed by atoms with Crippen molar-refractivity contribution in [2.75, 3.05) is 5.73 Å². The van der Waals surface area contributed by atoms with Crippen molar-refractivity contribution in [1.82, 2.24) is 9.78 Å². The van der Waals surface area contributed by atoms with Crippen molar-refractivity contribution in [3.05, 3.63) is 69.4 Å². The number of halogens is 1. The summed E-state index contributed by atoms with van der Waals surface area (Å²) in [5, 5.41) is 4.48. The zero-order valence-corrected chi connectivity index (χ0v) is 12.8. The van der Waals surface area contributed by atoms with E-state index in [1.54, 1.807) is 0 Å². The summed E-state index contributed by atoms with van der Waals surface area (Å²) in [5.74, 6) is 0.724. The van der Waals surface area contributed by atoms with Crippen LogP contribution in [0.4, 0.5) is 5.82 Å². The lowest BCUT2D eigenvalue weighted by Gasteiger charge is -2.16. The van der Waals surface area contributed by atoms with Gasteiger partial charge in [-0.15, -0.1) is 0 Å². The zero-order chi connectivity index (χ0) is 13.7. The van der Waals surface area contributed by atoms with Gasteiger partial charge < -0.3 is 5.73 Å². The molecule has 1 aliphatic rings. The van der Waals surface area contributed by atoms with Crippen molar-refractivity contribution >= 4 is 28.4 Å². The van der Waals surface area contributed by atoms with Crippen LogP contribution >= 0.6 is 22.6 Å². The van der Waals surface area contributed by atoms with Gasteiger partial charge in [-0.3, -0.25) is 0 Å². The average molecular weight is 373 g/mol. The Labute approximate surface area is 130 Å². The number of hydrogen-bond donors (Lipinski definition) is 1. The lowest BCUT2D eigenvalue weighted by atomic mass is 10.1. The monoisotopic (exact) mass is 373 g/mol. The topological polar surface area (TPSA) is 43.8 Å². The van der Waals surface area contributed by atoms with Gasteiger partial charge in [0.05, 0.1) is 9.77 Å². The van der Waals surface area contributed by atoms with Crippen molar-refractivity contribution in [1.29, 1.82) is 0 Å². The molecule has 4 rings (SSSR count). The van der Waals surface area contributed by atoms with Crippen LogP contribution in [0.25, 0.3) is 11.1 Å². The first-order chi connectivity index (χ1) is 9.77. The first-order valence-corrected chi connectivity index (χ1v) is 7.52. The maximum Gasteiger partial charge on any atom is 0.136 e. The van der Waals surface area contributed by atoms with Gasteiger partial charge in [-0.25, -0.2) is 4.68 Å². The number of fused-ring (bicyclic) bond motifs is 3. The number of nitrogen functional groups attached to an aromatic ring is 1. The molecule has 2 N–H and O–H groups in total. The van der Waals surface area contributed by atoms with E-state index < -0.39 is 0 Å². The van der Waals surface area contributed by atoms with Gasteiger partial charge in [-0.2, -0.15) is 5.10 Å². The predicted octanol–water partition coefficient (Wildman–Crippen LogP) is 3.69. The van der Waals surface area contributed by atoms with E-state index in [0.717, 1.165) is 9.39 Å². The second-order valence-corrected chi connectivity index (χ2v) is 6.06. The Morgan fingerprint density at radius 3 is 2.00 bits per heavy atom. The first kappa shape index (κ1) is 12.0. The molecule has 1 aliphatic carbocycles. The van der Waals surface area contributed by atoms with Crippen molar-refractivity contribution in [2.45, 2.75) is 6.04 Å². The molecule has 0 atom stereocenters. The summed E-state index contributed by atoms with van der Waals surface area (Å²) >= 11 is 2.22. The molecule has 0 bridgehead atoms. The summed E-state index contributed by atoms with van der Waals surface area (Å²) in [6.07, 6.45) is 1.82. The molecule has 98 valence electrons. The Morgan fingerprint density at radius 1 is 0.950 bits per heavy atom. The molecular weight excluding hydrogens is 361 g/mol. The zero-order valence-electron chi connectivity index (χ0n) is 10.6. The summed E-state index contributed by atoms with van der Waals surface area (Å²) in [4.78, 5) is 0. The summed E-state index contributed by atoms with van der Waals surface area (Å²) in [7, 11) is 0. The minimum absolute atomic E-state index is 0.0749. The Bertz CT molecular complexity index is 761. The summed E-state index contributed by atoms with van der Waals surface area (Å²) < 4.78 is 2.91. The van der Waals surface area contributed by atoms with Gasteiger partial charge in [0.25, 0.3) is 0 Å². The smallest absolute Gasteiger partial charge is 0.136 e.